The van der Waals surface area contributed by atoms with Crippen molar-refractivity contribution in [1.29, 1.82) is 0 Å². The predicted octanol–water partition coefficient (Wildman–Crippen LogP) is 3.95. The molecule has 7 heteroatoms. The molecular weight excluding hydrogens is 384 g/mol. The van der Waals surface area contributed by atoms with Gasteiger partial charge in [0.1, 0.15) is 11.8 Å². The maximum Gasteiger partial charge on any atom is 0.374 e. The molecule has 4 aromatic rings. The molecule has 0 amide bonds. The van der Waals surface area contributed by atoms with Crippen molar-refractivity contribution < 1.29 is 23.5 Å². The van der Waals surface area contributed by atoms with Crippen LogP contribution in [0.1, 0.15) is 44.0 Å². The molecule has 7 nitrogen and oxygen atoms in total. The maximum absolute atomic E-state index is 12.5. The number of imidazole rings is 1. The minimum absolute atomic E-state index is 0.145. The number of aryl methyl sites for hydroxylation is 1. The van der Waals surface area contributed by atoms with Crippen LogP contribution in [0.15, 0.2) is 65.4 Å². The molecule has 0 saturated heterocycles. The van der Waals surface area contributed by atoms with Crippen LogP contribution in [0.3, 0.4) is 0 Å². The van der Waals surface area contributed by atoms with Crippen LogP contribution in [0, 0.1) is 6.92 Å². The van der Waals surface area contributed by atoms with Gasteiger partial charge in [0.25, 0.3) is 0 Å². The second kappa shape index (κ2) is 7.18. The Morgan fingerprint density at radius 1 is 1.20 bits per heavy atom. The van der Waals surface area contributed by atoms with Crippen molar-refractivity contribution in [2.45, 2.75) is 25.6 Å². The molecule has 1 aliphatic carbocycles. The van der Waals surface area contributed by atoms with E-state index < -0.39 is 18.2 Å². The number of hydrogen-bond acceptors (Lipinski definition) is 6. The smallest absolute Gasteiger partial charge is 0.374 e. The van der Waals surface area contributed by atoms with Crippen LogP contribution in [0.25, 0.3) is 5.65 Å². The van der Waals surface area contributed by atoms with Crippen LogP contribution in [0.5, 0.6) is 5.75 Å². The molecular formula is C23H18N2O5. The largest absolute Gasteiger partial charge is 0.478 e. The molecule has 1 aliphatic rings. The molecule has 2 unspecified atom stereocenters. The van der Waals surface area contributed by atoms with E-state index in [9.17, 15) is 9.59 Å². The number of carbonyl (C=O) groups excluding carboxylic acids is 2. The molecule has 0 bridgehead atoms. The standard InChI is InChI=1S/C23H18N2O5/c1-14-17(13-26)25-10-4-8-18(22(25)24-14)29-21-16-7-3-2-6-15(16)12-20(21)30-23(27)19-9-5-11-28-19/h2-11,13,20-21H,12H2,1H3. The summed E-state index contributed by atoms with van der Waals surface area (Å²) in [4.78, 5) is 28.4. The van der Waals surface area contributed by atoms with Crippen molar-refractivity contribution in [3.05, 3.63) is 89.3 Å². The van der Waals surface area contributed by atoms with Gasteiger partial charge in [-0.1, -0.05) is 24.3 Å². The number of hydrogen-bond donors (Lipinski definition) is 0. The third kappa shape index (κ3) is 2.95. The van der Waals surface area contributed by atoms with Gasteiger partial charge >= 0.3 is 5.97 Å². The maximum atomic E-state index is 12.5. The summed E-state index contributed by atoms with van der Waals surface area (Å²) in [5, 5.41) is 0. The number of aldehydes is 1. The molecule has 2 atom stereocenters. The second-order valence-corrected chi connectivity index (χ2v) is 7.13. The molecule has 150 valence electrons. The number of ether oxygens (including phenoxy) is 2. The predicted molar refractivity (Wildman–Crippen MR) is 107 cm³/mol. The highest BCUT2D eigenvalue weighted by atomic mass is 16.6. The van der Waals surface area contributed by atoms with Gasteiger partial charge in [-0.15, -0.1) is 0 Å². The highest BCUT2D eigenvalue weighted by Gasteiger charge is 2.38. The molecule has 3 aromatic heterocycles. The Balaban J connectivity index is 1.51. The van der Waals surface area contributed by atoms with Gasteiger partial charge in [0.15, 0.2) is 23.8 Å². The first kappa shape index (κ1) is 18.2. The number of benzene rings is 1. The number of esters is 1. The van der Waals surface area contributed by atoms with Gasteiger partial charge in [-0.05, 0) is 42.3 Å². The lowest BCUT2D eigenvalue weighted by molar-refractivity contribution is -0.00554. The fraction of sp³-hybridized carbons (Fsp3) is 0.174. The summed E-state index contributed by atoms with van der Waals surface area (Å²) < 4.78 is 19.0. The zero-order chi connectivity index (χ0) is 20.7. The molecule has 5 rings (SSSR count). The normalized spacial score (nSPS) is 17.6. The summed E-state index contributed by atoms with van der Waals surface area (Å²) in [5.74, 6) is 0.116. The summed E-state index contributed by atoms with van der Waals surface area (Å²) in [7, 11) is 0. The van der Waals surface area contributed by atoms with Crippen LogP contribution in [0.4, 0.5) is 0 Å². The first-order valence-electron chi connectivity index (χ1n) is 9.57. The monoisotopic (exact) mass is 402 g/mol. The lowest BCUT2D eigenvalue weighted by Gasteiger charge is -2.22. The zero-order valence-electron chi connectivity index (χ0n) is 16.1. The summed E-state index contributed by atoms with van der Waals surface area (Å²) in [6.45, 7) is 1.78. The van der Waals surface area contributed by atoms with Crippen molar-refractivity contribution >= 4 is 17.9 Å². The Bertz CT molecular complexity index is 1240. The summed E-state index contributed by atoms with van der Waals surface area (Å²) in [5.41, 5.74) is 3.64. The van der Waals surface area contributed by atoms with Crippen molar-refractivity contribution in [3.8, 4) is 5.75 Å². The average Bonchev–Trinajstić information content (AvgIpc) is 3.46. The minimum Gasteiger partial charge on any atom is -0.478 e. The molecule has 30 heavy (non-hydrogen) atoms. The van der Waals surface area contributed by atoms with Crippen LogP contribution in [0.2, 0.25) is 0 Å². The summed E-state index contributed by atoms with van der Waals surface area (Å²) >= 11 is 0. The van der Waals surface area contributed by atoms with Crippen LogP contribution < -0.4 is 4.74 Å². The molecule has 0 N–H and O–H groups in total. The lowest BCUT2D eigenvalue weighted by Crippen LogP contribution is -2.26. The first-order valence-corrected chi connectivity index (χ1v) is 9.57. The van der Waals surface area contributed by atoms with Gasteiger partial charge in [-0.2, -0.15) is 0 Å². The van der Waals surface area contributed by atoms with Crippen molar-refractivity contribution in [2.75, 3.05) is 0 Å². The van der Waals surface area contributed by atoms with E-state index in [-0.39, 0.29) is 5.76 Å². The SMILES string of the molecule is Cc1nc2c(OC3c4ccccc4CC3OC(=O)c3ccco3)cccn2c1C=O. The van der Waals surface area contributed by atoms with Crippen molar-refractivity contribution in [1.82, 2.24) is 9.38 Å². The van der Waals surface area contributed by atoms with Crippen molar-refractivity contribution in [3.63, 3.8) is 0 Å². The Kier molecular flexibility index (Phi) is 4.35. The highest BCUT2D eigenvalue weighted by molar-refractivity contribution is 5.86. The molecule has 0 aliphatic heterocycles. The van der Waals surface area contributed by atoms with E-state index in [1.165, 1.54) is 6.26 Å². The molecule has 0 radical (unpaired) electrons. The van der Waals surface area contributed by atoms with Crippen LogP contribution in [-0.2, 0) is 11.2 Å². The molecule has 1 aromatic carbocycles. The molecule has 0 saturated carbocycles. The van der Waals surface area contributed by atoms with Crippen LogP contribution >= 0.6 is 0 Å². The highest BCUT2D eigenvalue weighted by Crippen LogP contribution is 2.38. The number of pyridine rings is 1. The van der Waals surface area contributed by atoms with E-state index in [4.69, 9.17) is 13.9 Å². The Morgan fingerprint density at radius 3 is 2.87 bits per heavy atom. The number of nitrogens with zero attached hydrogens (tertiary/aromatic N) is 2. The van der Waals surface area contributed by atoms with Gasteiger partial charge in [0.2, 0.25) is 5.76 Å². The average molecular weight is 402 g/mol. The Hall–Kier alpha value is -3.87. The van der Waals surface area contributed by atoms with E-state index in [2.05, 4.69) is 4.98 Å². The van der Waals surface area contributed by atoms with E-state index in [0.717, 1.165) is 17.4 Å². The topological polar surface area (TPSA) is 83.0 Å². The minimum atomic E-state index is -0.537. The Labute approximate surface area is 171 Å². The van der Waals surface area contributed by atoms with Gasteiger partial charge in [0, 0.05) is 12.6 Å². The molecule has 0 fully saturated rings. The fourth-order valence-corrected chi connectivity index (χ4v) is 3.90. The molecule has 0 spiro atoms. The third-order valence-electron chi connectivity index (χ3n) is 5.30. The van der Waals surface area contributed by atoms with Crippen LogP contribution in [-0.4, -0.2) is 27.7 Å². The third-order valence-corrected chi connectivity index (χ3v) is 5.30. The second-order valence-electron chi connectivity index (χ2n) is 7.13. The molecule has 3 heterocycles. The summed E-state index contributed by atoms with van der Waals surface area (Å²) in [6, 6.07) is 14.6. The number of furan rings is 1. The van der Waals surface area contributed by atoms with E-state index in [1.54, 1.807) is 41.8 Å². The number of fused-ring (bicyclic) bond motifs is 2. The van der Waals surface area contributed by atoms with E-state index >= 15 is 0 Å². The fourth-order valence-electron chi connectivity index (χ4n) is 3.90. The number of rotatable bonds is 5. The Morgan fingerprint density at radius 2 is 2.07 bits per heavy atom. The quantitative estimate of drug-likeness (QED) is 0.371. The van der Waals surface area contributed by atoms with Crippen molar-refractivity contribution in [2.24, 2.45) is 0 Å². The number of carbonyl (C=O) groups is 2. The van der Waals surface area contributed by atoms with Gasteiger partial charge in [-0.25, -0.2) is 9.78 Å². The van der Waals surface area contributed by atoms with Gasteiger partial charge in [-0.3, -0.25) is 9.20 Å². The lowest BCUT2D eigenvalue weighted by atomic mass is 10.1. The van der Waals surface area contributed by atoms with E-state index in [0.29, 0.717) is 29.2 Å². The van der Waals surface area contributed by atoms with E-state index in [1.807, 2.05) is 24.3 Å². The zero-order valence-corrected chi connectivity index (χ0v) is 16.1. The van der Waals surface area contributed by atoms with Gasteiger partial charge < -0.3 is 13.9 Å². The number of aromatic nitrogens is 2. The first-order chi connectivity index (χ1) is 14.7. The summed E-state index contributed by atoms with van der Waals surface area (Å²) in [6.07, 6.45) is 3.47. The van der Waals surface area contributed by atoms with Gasteiger partial charge in [0.05, 0.1) is 12.0 Å².